The Kier molecular flexibility index (Phi) is 4.08. The summed E-state index contributed by atoms with van der Waals surface area (Å²) < 4.78 is 0. The van der Waals surface area contributed by atoms with Crippen LogP contribution in [0.4, 0.5) is 11.8 Å². The molecule has 1 N–H and O–H groups in total. The number of anilines is 2. The largest absolute Gasteiger partial charge is 0.356 e. The summed E-state index contributed by atoms with van der Waals surface area (Å²) in [4.78, 5) is 11.7. The van der Waals surface area contributed by atoms with Gasteiger partial charge in [0.1, 0.15) is 5.82 Å². The molecule has 1 aliphatic carbocycles. The quantitative estimate of drug-likeness (QED) is 0.917. The summed E-state index contributed by atoms with van der Waals surface area (Å²) in [5.41, 5.74) is 1.06. The van der Waals surface area contributed by atoms with Crippen LogP contribution in [0, 0.1) is 12.8 Å². The number of rotatable bonds is 3. The summed E-state index contributed by atoms with van der Waals surface area (Å²) in [6.45, 7) is 6.66. The highest BCUT2D eigenvalue weighted by Crippen LogP contribution is 2.24. The van der Waals surface area contributed by atoms with Gasteiger partial charge in [0.05, 0.1) is 0 Å². The lowest BCUT2D eigenvalue weighted by atomic mass is 9.99. The normalized spacial score (nSPS) is 21.4. The molecule has 1 saturated heterocycles. The predicted octanol–water partition coefficient (Wildman–Crippen LogP) is 3.38. The third-order valence-electron chi connectivity index (χ3n) is 4.64. The number of nitrogens with one attached hydrogen (secondary N) is 1. The molecule has 0 radical (unpaired) electrons. The van der Waals surface area contributed by atoms with E-state index in [-0.39, 0.29) is 0 Å². The topological polar surface area (TPSA) is 41.1 Å². The van der Waals surface area contributed by atoms with Crippen molar-refractivity contribution >= 4 is 11.8 Å². The Morgan fingerprint density at radius 1 is 1.10 bits per heavy atom. The van der Waals surface area contributed by atoms with Crippen LogP contribution in [0.2, 0.25) is 0 Å². The van der Waals surface area contributed by atoms with Gasteiger partial charge in [-0.25, -0.2) is 4.98 Å². The van der Waals surface area contributed by atoms with Crippen LogP contribution in [-0.2, 0) is 0 Å². The van der Waals surface area contributed by atoms with Crippen LogP contribution in [0.1, 0.15) is 51.1 Å². The zero-order chi connectivity index (χ0) is 13.9. The second-order valence-corrected chi connectivity index (χ2v) is 6.49. The van der Waals surface area contributed by atoms with Crippen molar-refractivity contribution in [3.8, 4) is 0 Å². The van der Waals surface area contributed by atoms with E-state index in [1.165, 1.54) is 38.5 Å². The Bertz CT molecular complexity index is 446. The highest BCUT2D eigenvalue weighted by molar-refractivity contribution is 5.45. The number of aryl methyl sites for hydroxylation is 1. The van der Waals surface area contributed by atoms with Crippen LogP contribution < -0.4 is 10.2 Å². The van der Waals surface area contributed by atoms with Crippen LogP contribution in [-0.4, -0.2) is 29.1 Å². The predicted molar refractivity (Wildman–Crippen MR) is 83.3 cm³/mol. The molecule has 0 spiro atoms. The van der Waals surface area contributed by atoms with Crippen molar-refractivity contribution in [2.24, 2.45) is 5.92 Å². The maximum Gasteiger partial charge on any atom is 0.225 e. The Morgan fingerprint density at radius 2 is 1.80 bits per heavy atom. The third kappa shape index (κ3) is 3.22. The van der Waals surface area contributed by atoms with E-state index >= 15 is 0 Å². The summed E-state index contributed by atoms with van der Waals surface area (Å²) in [5.74, 6) is 2.78. The van der Waals surface area contributed by atoms with Gasteiger partial charge in [-0.2, -0.15) is 4.98 Å². The molecular formula is C16H26N4. The van der Waals surface area contributed by atoms with Gasteiger partial charge >= 0.3 is 0 Å². The van der Waals surface area contributed by atoms with Crippen molar-refractivity contribution < 1.29 is 0 Å². The minimum atomic E-state index is 0.575. The van der Waals surface area contributed by atoms with Gasteiger partial charge in [-0.3, -0.25) is 0 Å². The summed E-state index contributed by atoms with van der Waals surface area (Å²) in [5, 5.41) is 3.52. The molecular weight excluding hydrogens is 248 g/mol. The number of piperidine rings is 1. The van der Waals surface area contributed by atoms with Gasteiger partial charge in [0, 0.05) is 30.9 Å². The van der Waals surface area contributed by atoms with Crippen molar-refractivity contribution in [2.75, 3.05) is 23.3 Å². The fourth-order valence-corrected chi connectivity index (χ4v) is 3.27. The van der Waals surface area contributed by atoms with Crippen molar-refractivity contribution in [1.82, 2.24) is 9.97 Å². The molecule has 4 heteroatoms. The standard InChI is InChI=1S/C16H26N4/c1-12-7-9-20(10-8-12)15-11-13(2)17-16(19-15)18-14-5-3-4-6-14/h11-12,14H,3-10H2,1-2H3,(H,17,18,19). The Morgan fingerprint density at radius 3 is 2.50 bits per heavy atom. The Labute approximate surface area is 122 Å². The van der Waals surface area contributed by atoms with Crippen LogP contribution >= 0.6 is 0 Å². The molecule has 0 aromatic carbocycles. The summed E-state index contributed by atoms with van der Waals surface area (Å²) >= 11 is 0. The molecule has 2 aliphatic rings. The van der Waals surface area contributed by atoms with E-state index in [9.17, 15) is 0 Å². The lowest BCUT2D eigenvalue weighted by molar-refractivity contribution is 0.436. The monoisotopic (exact) mass is 274 g/mol. The molecule has 1 aromatic rings. The van der Waals surface area contributed by atoms with Gasteiger partial charge < -0.3 is 10.2 Å². The fourth-order valence-electron chi connectivity index (χ4n) is 3.27. The second kappa shape index (κ2) is 5.98. The molecule has 2 heterocycles. The smallest absolute Gasteiger partial charge is 0.225 e. The molecule has 1 saturated carbocycles. The highest BCUT2D eigenvalue weighted by atomic mass is 15.2. The molecule has 20 heavy (non-hydrogen) atoms. The average molecular weight is 274 g/mol. The summed E-state index contributed by atoms with van der Waals surface area (Å²) in [7, 11) is 0. The fraction of sp³-hybridized carbons (Fsp3) is 0.750. The van der Waals surface area contributed by atoms with E-state index in [2.05, 4.69) is 35.1 Å². The molecule has 3 rings (SSSR count). The first-order valence-corrected chi connectivity index (χ1v) is 8.08. The molecule has 0 amide bonds. The maximum absolute atomic E-state index is 4.75. The number of hydrogen-bond acceptors (Lipinski definition) is 4. The first-order chi connectivity index (χ1) is 9.70. The van der Waals surface area contributed by atoms with Gasteiger partial charge in [-0.1, -0.05) is 19.8 Å². The molecule has 0 bridgehead atoms. The van der Waals surface area contributed by atoms with Crippen molar-refractivity contribution in [3.63, 3.8) is 0 Å². The maximum atomic E-state index is 4.75. The number of nitrogens with zero attached hydrogens (tertiary/aromatic N) is 3. The van der Waals surface area contributed by atoms with E-state index in [1.54, 1.807) is 0 Å². The second-order valence-electron chi connectivity index (χ2n) is 6.49. The Hall–Kier alpha value is -1.32. The Balaban J connectivity index is 1.72. The summed E-state index contributed by atoms with van der Waals surface area (Å²) in [6.07, 6.45) is 7.73. The van der Waals surface area contributed by atoms with Gasteiger partial charge in [0.25, 0.3) is 0 Å². The van der Waals surface area contributed by atoms with Crippen LogP contribution in [0.25, 0.3) is 0 Å². The molecule has 0 unspecified atom stereocenters. The van der Waals surface area contributed by atoms with Crippen molar-refractivity contribution in [1.29, 1.82) is 0 Å². The molecule has 2 fully saturated rings. The van der Waals surface area contributed by atoms with Crippen molar-refractivity contribution in [3.05, 3.63) is 11.8 Å². The van der Waals surface area contributed by atoms with Crippen LogP contribution in [0.15, 0.2) is 6.07 Å². The van der Waals surface area contributed by atoms with E-state index in [4.69, 9.17) is 4.98 Å². The molecule has 4 nitrogen and oxygen atoms in total. The number of aromatic nitrogens is 2. The van der Waals surface area contributed by atoms with E-state index in [1.807, 2.05) is 0 Å². The van der Waals surface area contributed by atoms with Crippen molar-refractivity contribution in [2.45, 2.75) is 58.4 Å². The number of hydrogen-bond donors (Lipinski definition) is 1. The van der Waals surface area contributed by atoms with Gasteiger partial charge in [0.2, 0.25) is 5.95 Å². The SMILES string of the molecule is Cc1cc(N2CCC(C)CC2)nc(NC2CCCC2)n1. The lowest BCUT2D eigenvalue weighted by Gasteiger charge is -2.31. The van der Waals surface area contributed by atoms with E-state index < -0.39 is 0 Å². The molecule has 0 atom stereocenters. The molecule has 1 aliphatic heterocycles. The minimum absolute atomic E-state index is 0.575. The zero-order valence-electron chi connectivity index (χ0n) is 12.7. The van der Waals surface area contributed by atoms with Crippen LogP contribution in [0.5, 0.6) is 0 Å². The highest BCUT2D eigenvalue weighted by Gasteiger charge is 2.19. The van der Waals surface area contributed by atoms with Gasteiger partial charge in [-0.05, 0) is 38.5 Å². The zero-order valence-corrected chi connectivity index (χ0v) is 12.7. The van der Waals surface area contributed by atoms with E-state index in [0.29, 0.717) is 6.04 Å². The first kappa shape index (κ1) is 13.7. The third-order valence-corrected chi connectivity index (χ3v) is 4.64. The van der Waals surface area contributed by atoms with Gasteiger partial charge in [-0.15, -0.1) is 0 Å². The minimum Gasteiger partial charge on any atom is -0.356 e. The van der Waals surface area contributed by atoms with E-state index in [0.717, 1.165) is 36.5 Å². The molecule has 1 aromatic heterocycles. The average Bonchev–Trinajstić information content (AvgIpc) is 2.91. The van der Waals surface area contributed by atoms with Crippen LogP contribution in [0.3, 0.4) is 0 Å². The first-order valence-electron chi connectivity index (χ1n) is 8.08. The lowest BCUT2D eigenvalue weighted by Crippen LogP contribution is -2.33. The summed E-state index contributed by atoms with van der Waals surface area (Å²) in [6, 6.07) is 2.70. The molecule has 110 valence electrons. The van der Waals surface area contributed by atoms with Gasteiger partial charge in [0.15, 0.2) is 0 Å².